The molecule has 2 aromatic carbocycles. The highest BCUT2D eigenvalue weighted by Crippen LogP contribution is 2.30. The van der Waals surface area contributed by atoms with Crippen molar-refractivity contribution < 1.29 is 4.74 Å². The molecule has 0 spiro atoms. The van der Waals surface area contributed by atoms with E-state index in [-0.39, 0.29) is 6.04 Å². The van der Waals surface area contributed by atoms with Gasteiger partial charge in [-0.3, -0.25) is 5.84 Å². The van der Waals surface area contributed by atoms with Crippen LogP contribution >= 0.6 is 11.6 Å². The van der Waals surface area contributed by atoms with E-state index in [1.807, 2.05) is 18.2 Å². The normalized spacial score (nSPS) is 12.5. The van der Waals surface area contributed by atoms with Gasteiger partial charge in [-0.1, -0.05) is 55.8 Å². The van der Waals surface area contributed by atoms with Crippen LogP contribution in [0.4, 0.5) is 0 Å². The van der Waals surface area contributed by atoms with Gasteiger partial charge in [-0.25, -0.2) is 5.43 Å². The van der Waals surface area contributed by atoms with Gasteiger partial charge in [0.15, 0.2) is 0 Å². The van der Waals surface area contributed by atoms with Gasteiger partial charge in [0.1, 0.15) is 5.75 Å². The van der Waals surface area contributed by atoms with Gasteiger partial charge in [-0.15, -0.1) is 0 Å². The number of benzene rings is 2. The maximum atomic E-state index is 6.07. The van der Waals surface area contributed by atoms with Crippen LogP contribution in [0.5, 0.6) is 5.75 Å². The molecule has 3 N–H and O–H groups in total. The van der Waals surface area contributed by atoms with E-state index >= 15 is 0 Å². The van der Waals surface area contributed by atoms with E-state index < -0.39 is 0 Å². The topological polar surface area (TPSA) is 47.3 Å². The Morgan fingerprint density at radius 2 is 1.57 bits per heavy atom. The van der Waals surface area contributed by atoms with Gasteiger partial charge in [0, 0.05) is 0 Å². The lowest BCUT2D eigenvalue weighted by atomic mass is 9.95. The highest BCUT2D eigenvalue weighted by atomic mass is 35.5. The second kappa shape index (κ2) is 6.94. The zero-order valence-electron chi connectivity index (χ0n) is 12.6. The Labute approximate surface area is 131 Å². The van der Waals surface area contributed by atoms with E-state index in [0.29, 0.717) is 16.7 Å². The standard InChI is InChI=1S/C17H21ClN2O/c1-11(2)12-4-6-13(7-5-12)17(20-19)14-8-9-15(18)16(10-14)21-3/h4-11,17,20H,19H2,1-3H3. The summed E-state index contributed by atoms with van der Waals surface area (Å²) in [4.78, 5) is 0. The van der Waals surface area contributed by atoms with Crippen molar-refractivity contribution in [1.29, 1.82) is 0 Å². The second-order valence-electron chi connectivity index (χ2n) is 5.32. The smallest absolute Gasteiger partial charge is 0.137 e. The van der Waals surface area contributed by atoms with Crippen LogP contribution in [0, 0.1) is 0 Å². The van der Waals surface area contributed by atoms with Crippen molar-refractivity contribution >= 4 is 11.6 Å². The van der Waals surface area contributed by atoms with Crippen LogP contribution in [0.25, 0.3) is 0 Å². The van der Waals surface area contributed by atoms with Crippen molar-refractivity contribution in [3.63, 3.8) is 0 Å². The van der Waals surface area contributed by atoms with Crippen molar-refractivity contribution in [2.45, 2.75) is 25.8 Å². The Kier molecular flexibility index (Phi) is 5.23. The molecular formula is C17H21ClN2O. The summed E-state index contributed by atoms with van der Waals surface area (Å²) in [7, 11) is 1.60. The zero-order chi connectivity index (χ0) is 15.4. The van der Waals surface area contributed by atoms with Crippen molar-refractivity contribution in [3.05, 3.63) is 64.2 Å². The van der Waals surface area contributed by atoms with Crippen LogP contribution in [0.15, 0.2) is 42.5 Å². The number of halogens is 1. The molecule has 1 unspecified atom stereocenters. The number of rotatable bonds is 5. The minimum atomic E-state index is -0.0996. The molecule has 21 heavy (non-hydrogen) atoms. The van der Waals surface area contributed by atoms with E-state index in [2.05, 4.69) is 43.5 Å². The van der Waals surface area contributed by atoms with E-state index in [4.69, 9.17) is 22.2 Å². The highest BCUT2D eigenvalue weighted by Gasteiger charge is 2.14. The minimum Gasteiger partial charge on any atom is -0.495 e. The lowest BCUT2D eigenvalue weighted by molar-refractivity contribution is 0.414. The van der Waals surface area contributed by atoms with Crippen LogP contribution < -0.4 is 16.0 Å². The molecule has 0 fully saturated rings. The summed E-state index contributed by atoms with van der Waals surface area (Å²) in [5.41, 5.74) is 6.28. The molecule has 0 aromatic heterocycles. The van der Waals surface area contributed by atoms with Gasteiger partial charge in [-0.05, 0) is 34.7 Å². The molecule has 3 nitrogen and oxygen atoms in total. The summed E-state index contributed by atoms with van der Waals surface area (Å²) in [5.74, 6) is 6.90. The predicted octanol–water partition coefficient (Wildman–Crippen LogP) is 4.02. The molecule has 2 aromatic rings. The molecule has 1 atom stereocenters. The van der Waals surface area contributed by atoms with Crippen molar-refractivity contribution in [2.24, 2.45) is 5.84 Å². The molecule has 0 heterocycles. The molecule has 0 saturated heterocycles. The third kappa shape index (κ3) is 3.56. The molecular weight excluding hydrogens is 284 g/mol. The van der Waals surface area contributed by atoms with Crippen molar-refractivity contribution in [2.75, 3.05) is 7.11 Å². The van der Waals surface area contributed by atoms with Crippen molar-refractivity contribution in [3.8, 4) is 5.75 Å². The first-order valence-electron chi connectivity index (χ1n) is 6.96. The Morgan fingerprint density at radius 3 is 2.10 bits per heavy atom. The quantitative estimate of drug-likeness (QED) is 0.648. The summed E-state index contributed by atoms with van der Waals surface area (Å²) in [5, 5.41) is 0.590. The van der Waals surface area contributed by atoms with Gasteiger partial charge in [0.25, 0.3) is 0 Å². The average Bonchev–Trinajstić information content (AvgIpc) is 2.50. The Hall–Kier alpha value is -1.55. The average molecular weight is 305 g/mol. The van der Waals surface area contributed by atoms with Gasteiger partial charge >= 0.3 is 0 Å². The first-order chi connectivity index (χ1) is 10.1. The van der Waals surface area contributed by atoms with Crippen LogP contribution in [-0.4, -0.2) is 7.11 Å². The molecule has 2 rings (SSSR count). The molecule has 0 radical (unpaired) electrons. The zero-order valence-corrected chi connectivity index (χ0v) is 13.3. The summed E-state index contributed by atoms with van der Waals surface area (Å²) in [6, 6.07) is 14.0. The van der Waals surface area contributed by atoms with E-state index in [1.165, 1.54) is 5.56 Å². The predicted molar refractivity (Wildman–Crippen MR) is 87.7 cm³/mol. The van der Waals surface area contributed by atoms with Gasteiger partial charge in [0.2, 0.25) is 0 Å². The highest BCUT2D eigenvalue weighted by molar-refractivity contribution is 6.32. The Morgan fingerprint density at radius 1 is 1.00 bits per heavy atom. The molecule has 0 amide bonds. The third-order valence-corrected chi connectivity index (χ3v) is 3.92. The number of methoxy groups -OCH3 is 1. The van der Waals surface area contributed by atoms with Gasteiger partial charge < -0.3 is 4.74 Å². The molecule has 112 valence electrons. The van der Waals surface area contributed by atoms with Crippen LogP contribution in [0.2, 0.25) is 5.02 Å². The number of nitrogens with two attached hydrogens (primary N) is 1. The van der Waals surface area contributed by atoms with E-state index in [9.17, 15) is 0 Å². The molecule has 0 saturated carbocycles. The Bertz CT molecular complexity index is 596. The van der Waals surface area contributed by atoms with E-state index in [0.717, 1.165) is 11.1 Å². The third-order valence-electron chi connectivity index (χ3n) is 3.61. The molecule has 0 aliphatic heterocycles. The summed E-state index contributed by atoms with van der Waals surface area (Å²) in [6.45, 7) is 4.36. The van der Waals surface area contributed by atoms with Crippen molar-refractivity contribution in [1.82, 2.24) is 5.43 Å². The van der Waals surface area contributed by atoms with Crippen LogP contribution in [0.1, 0.15) is 42.5 Å². The molecule has 0 aliphatic rings. The molecule has 0 bridgehead atoms. The summed E-state index contributed by atoms with van der Waals surface area (Å²) < 4.78 is 5.27. The first-order valence-corrected chi connectivity index (χ1v) is 7.34. The fourth-order valence-corrected chi connectivity index (χ4v) is 2.51. The Balaban J connectivity index is 2.34. The lowest BCUT2D eigenvalue weighted by Crippen LogP contribution is -2.28. The maximum absolute atomic E-state index is 6.07. The lowest BCUT2D eigenvalue weighted by Gasteiger charge is -2.19. The monoisotopic (exact) mass is 304 g/mol. The summed E-state index contributed by atoms with van der Waals surface area (Å²) >= 11 is 6.07. The van der Waals surface area contributed by atoms with Crippen LogP contribution in [0.3, 0.4) is 0 Å². The number of hydrogen-bond donors (Lipinski definition) is 2. The number of hydrazine groups is 1. The number of ether oxygens (including phenoxy) is 1. The van der Waals surface area contributed by atoms with Gasteiger partial charge in [0.05, 0.1) is 18.2 Å². The number of nitrogens with one attached hydrogen (secondary N) is 1. The fourth-order valence-electron chi connectivity index (χ4n) is 2.31. The summed E-state index contributed by atoms with van der Waals surface area (Å²) in [6.07, 6.45) is 0. The van der Waals surface area contributed by atoms with Gasteiger partial charge in [-0.2, -0.15) is 0 Å². The first kappa shape index (κ1) is 15.8. The van der Waals surface area contributed by atoms with E-state index in [1.54, 1.807) is 7.11 Å². The SMILES string of the molecule is COc1cc(C(NN)c2ccc(C(C)C)cc2)ccc1Cl. The number of hydrogen-bond acceptors (Lipinski definition) is 3. The van der Waals surface area contributed by atoms with Crippen LogP contribution in [-0.2, 0) is 0 Å². The molecule has 4 heteroatoms. The maximum Gasteiger partial charge on any atom is 0.137 e. The fraction of sp³-hybridized carbons (Fsp3) is 0.294. The molecule has 0 aliphatic carbocycles. The second-order valence-corrected chi connectivity index (χ2v) is 5.72. The largest absolute Gasteiger partial charge is 0.495 e. The minimum absolute atomic E-state index is 0.0996.